The molecule has 0 spiro atoms. The topological polar surface area (TPSA) is 47.9 Å². The number of rotatable bonds is 8. The van der Waals surface area contributed by atoms with Gasteiger partial charge in [0.05, 0.1) is 13.2 Å². The Hall–Kier alpha value is -0.960. The molecule has 0 N–H and O–H groups in total. The standard InChI is InChI=1S/C18H28NO3P/c1-3-21-23(20,22-4-2)18(17-13-9-6-10-14-17)19-15-16-11-7-5-8-12-16/h6,9-10,13-16,18H,3-5,7-8,11-12H2,1-2H3/b19-15+. The maximum Gasteiger partial charge on any atom is 0.359 e. The van der Waals surface area contributed by atoms with E-state index in [1.54, 1.807) is 0 Å². The second kappa shape index (κ2) is 9.36. The molecule has 1 atom stereocenters. The van der Waals surface area contributed by atoms with E-state index in [9.17, 15) is 4.57 Å². The number of benzene rings is 1. The van der Waals surface area contributed by atoms with Gasteiger partial charge in [-0.15, -0.1) is 0 Å². The van der Waals surface area contributed by atoms with Gasteiger partial charge >= 0.3 is 7.60 Å². The summed E-state index contributed by atoms with van der Waals surface area (Å²) in [5, 5.41) is 0. The van der Waals surface area contributed by atoms with Crippen LogP contribution in [-0.2, 0) is 13.6 Å². The molecule has 5 heteroatoms. The van der Waals surface area contributed by atoms with Crippen LogP contribution in [0.4, 0.5) is 0 Å². The summed E-state index contributed by atoms with van der Waals surface area (Å²) < 4.78 is 24.3. The van der Waals surface area contributed by atoms with Crippen LogP contribution in [-0.4, -0.2) is 19.4 Å². The summed E-state index contributed by atoms with van der Waals surface area (Å²) >= 11 is 0. The van der Waals surface area contributed by atoms with Crippen LogP contribution in [0.3, 0.4) is 0 Å². The Morgan fingerprint density at radius 3 is 2.30 bits per heavy atom. The lowest BCUT2D eigenvalue weighted by Crippen LogP contribution is -2.10. The first-order chi connectivity index (χ1) is 11.2. The summed E-state index contributed by atoms with van der Waals surface area (Å²) in [6, 6.07) is 9.68. The zero-order valence-electron chi connectivity index (χ0n) is 14.2. The van der Waals surface area contributed by atoms with Gasteiger partial charge in [0.15, 0.2) is 5.78 Å². The van der Waals surface area contributed by atoms with Gasteiger partial charge in [-0.2, -0.15) is 0 Å². The van der Waals surface area contributed by atoms with Gasteiger partial charge in [-0.1, -0.05) is 49.6 Å². The van der Waals surface area contributed by atoms with E-state index in [2.05, 4.69) is 4.99 Å². The molecule has 0 radical (unpaired) electrons. The SMILES string of the molecule is CCOP(=O)(OCC)C(/N=C/C1CCCCC1)c1ccccc1. The number of hydrogen-bond acceptors (Lipinski definition) is 4. The summed E-state index contributed by atoms with van der Waals surface area (Å²) in [5.41, 5.74) is 0.879. The quantitative estimate of drug-likeness (QED) is 0.458. The third-order valence-corrected chi connectivity index (χ3v) is 6.37. The Morgan fingerprint density at radius 2 is 1.74 bits per heavy atom. The van der Waals surface area contributed by atoms with Crippen LogP contribution in [0.25, 0.3) is 0 Å². The van der Waals surface area contributed by atoms with E-state index in [0.29, 0.717) is 19.1 Å². The molecule has 4 nitrogen and oxygen atoms in total. The largest absolute Gasteiger partial charge is 0.359 e. The van der Waals surface area contributed by atoms with Crippen LogP contribution < -0.4 is 0 Å². The van der Waals surface area contributed by atoms with E-state index in [4.69, 9.17) is 9.05 Å². The number of hydrogen-bond donors (Lipinski definition) is 0. The fourth-order valence-electron chi connectivity index (χ4n) is 3.00. The van der Waals surface area contributed by atoms with Crippen molar-refractivity contribution in [2.24, 2.45) is 10.9 Å². The first kappa shape index (κ1) is 18.4. The van der Waals surface area contributed by atoms with Crippen molar-refractivity contribution in [1.82, 2.24) is 0 Å². The highest BCUT2D eigenvalue weighted by Crippen LogP contribution is 2.61. The van der Waals surface area contributed by atoms with Crippen LogP contribution in [0.15, 0.2) is 35.3 Å². The second-order valence-electron chi connectivity index (χ2n) is 5.86. The molecule has 1 unspecified atom stereocenters. The molecule has 1 aliphatic carbocycles. The van der Waals surface area contributed by atoms with Gasteiger partial charge in [-0.25, -0.2) is 0 Å². The predicted octanol–water partition coefficient (Wildman–Crippen LogP) is 5.60. The highest BCUT2D eigenvalue weighted by molar-refractivity contribution is 7.54. The highest BCUT2D eigenvalue weighted by atomic mass is 31.2. The molecule has 0 saturated heterocycles. The van der Waals surface area contributed by atoms with Crippen LogP contribution >= 0.6 is 7.60 Å². The Labute approximate surface area is 139 Å². The first-order valence-electron chi connectivity index (χ1n) is 8.66. The maximum absolute atomic E-state index is 13.2. The van der Waals surface area contributed by atoms with Gasteiger partial charge in [0.1, 0.15) is 0 Å². The van der Waals surface area contributed by atoms with Crippen LogP contribution in [0.1, 0.15) is 57.3 Å². The van der Waals surface area contributed by atoms with E-state index in [1.165, 1.54) is 32.1 Å². The summed E-state index contributed by atoms with van der Waals surface area (Å²) in [5.74, 6) is -0.0998. The molecule has 1 saturated carbocycles. The van der Waals surface area contributed by atoms with E-state index < -0.39 is 13.4 Å². The number of nitrogens with zero attached hydrogens (tertiary/aromatic N) is 1. The summed E-state index contributed by atoms with van der Waals surface area (Å²) in [4.78, 5) is 4.69. The van der Waals surface area contributed by atoms with E-state index in [-0.39, 0.29) is 0 Å². The minimum absolute atomic E-state index is 0.347. The van der Waals surface area contributed by atoms with Crippen molar-refractivity contribution in [2.45, 2.75) is 51.7 Å². The first-order valence-corrected chi connectivity index (χ1v) is 10.3. The smallest absolute Gasteiger partial charge is 0.307 e. The van der Waals surface area contributed by atoms with Crippen molar-refractivity contribution >= 4 is 13.8 Å². The molecule has 0 aliphatic heterocycles. The van der Waals surface area contributed by atoms with Gasteiger partial charge in [0.2, 0.25) is 0 Å². The Bertz CT molecular complexity index is 516. The van der Waals surface area contributed by atoms with Gasteiger partial charge in [0.25, 0.3) is 0 Å². The van der Waals surface area contributed by atoms with E-state index in [1.807, 2.05) is 50.4 Å². The predicted molar refractivity (Wildman–Crippen MR) is 95.1 cm³/mol. The Kier molecular flexibility index (Phi) is 7.48. The van der Waals surface area contributed by atoms with Crippen molar-refractivity contribution in [3.05, 3.63) is 35.9 Å². The molecule has 23 heavy (non-hydrogen) atoms. The average molecular weight is 337 g/mol. The Morgan fingerprint density at radius 1 is 1.13 bits per heavy atom. The van der Waals surface area contributed by atoms with Crippen molar-refractivity contribution in [3.8, 4) is 0 Å². The van der Waals surface area contributed by atoms with Crippen molar-refractivity contribution in [3.63, 3.8) is 0 Å². The molecular formula is C18H28NO3P. The lowest BCUT2D eigenvalue weighted by molar-refractivity contribution is 0.212. The molecule has 0 amide bonds. The minimum Gasteiger partial charge on any atom is -0.307 e. The minimum atomic E-state index is -3.32. The van der Waals surface area contributed by atoms with Crippen molar-refractivity contribution in [2.75, 3.05) is 13.2 Å². The molecule has 1 aromatic rings. The molecule has 0 aromatic heterocycles. The highest BCUT2D eigenvalue weighted by Gasteiger charge is 2.36. The van der Waals surface area contributed by atoms with Gasteiger partial charge < -0.3 is 9.05 Å². The lowest BCUT2D eigenvalue weighted by atomic mass is 9.90. The Balaban J connectivity index is 2.27. The summed E-state index contributed by atoms with van der Waals surface area (Å²) in [6.45, 7) is 4.36. The van der Waals surface area contributed by atoms with Crippen molar-refractivity contribution in [1.29, 1.82) is 0 Å². The maximum atomic E-state index is 13.2. The van der Waals surface area contributed by atoms with E-state index in [0.717, 1.165) is 5.56 Å². The fourth-order valence-corrected chi connectivity index (χ4v) is 4.85. The molecule has 1 aliphatic rings. The molecule has 2 rings (SSSR count). The zero-order valence-corrected chi connectivity index (χ0v) is 15.1. The molecule has 1 aromatic carbocycles. The monoisotopic (exact) mass is 337 g/mol. The van der Waals surface area contributed by atoms with Crippen LogP contribution in [0.2, 0.25) is 0 Å². The molecular weight excluding hydrogens is 309 g/mol. The van der Waals surface area contributed by atoms with E-state index >= 15 is 0 Å². The van der Waals surface area contributed by atoms with Gasteiger partial charge in [-0.05, 0) is 38.2 Å². The third-order valence-electron chi connectivity index (χ3n) is 4.10. The number of aliphatic imine (C=N–C) groups is 1. The summed E-state index contributed by atoms with van der Waals surface area (Å²) in [7, 11) is -3.32. The zero-order chi connectivity index (χ0) is 16.5. The lowest BCUT2D eigenvalue weighted by Gasteiger charge is -2.25. The van der Waals surface area contributed by atoms with Gasteiger partial charge in [0, 0.05) is 6.21 Å². The molecule has 1 fully saturated rings. The van der Waals surface area contributed by atoms with Gasteiger partial charge in [-0.3, -0.25) is 9.56 Å². The summed E-state index contributed by atoms with van der Waals surface area (Å²) in [6.07, 6.45) is 8.13. The normalized spacial score (nSPS) is 18.3. The average Bonchev–Trinajstić information content (AvgIpc) is 2.57. The molecule has 0 bridgehead atoms. The van der Waals surface area contributed by atoms with Crippen LogP contribution in [0, 0.1) is 5.92 Å². The molecule has 128 valence electrons. The third kappa shape index (κ3) is 5.27. The van der Waals surface area contributed by atoms with Crippen molar-refractivity contribution < 1.29 is 13.6 Å². The molecule has 0 heterocycles. The fraction of sp³-hybridized carbons (Fsp3) is 0.611. The van der Waals surface area contributed by atoms with Crippen LogP contribution in [0.5, 0.6) is 0 Å². The second-order valence-corrected chi connectivity index (χ2v) is 7.94.